The van der Waals surface area contributed by atoms with Gasteiger partial charge in [-0.15, -0.1) is 0 Å². The fraction of sp³-hybridized carbons (Fsp3) is 0.200. The Morgan fingerprint density at radius 3 is 2.54 bits per heavy atom. The number of hydrogen-bond donors (Lipinski definition) is 1. The van der Waals surface area contributed by atoms with Crippen molar-refractivity contribution >= 4 is 39.6 Å². The minimum Gasteiger partial charge on any atom is -0.496 e. The number of methoxy groups -OCH3 is 1. The number of nitrogens with one attached hydrogen (secondary N) is 1. The van der Waals surface area contributed by atoms with Gasteiger partial charge < -0.3 is 14.8 Å². The van der Waals surface area contributed by atoms with Gasteiger partial charge in [0.15, 0.2) is 0 Å². The molecule has 6 heteroatoms. The van der Waals surface area contributed by atoms with Crippen LogP contribution in [0, 0.1) is 0 Å². The van der Waals surface area contributed by atoms with E-state index in [1.807, 2.05) is 25.1 Å². The molecule has 1 N–H and O–H groups in total. The van der Waals surface area contributed by atoms with Crippen molar-refractivity contribution < 1.29 is 19.1 Å². The molecule has 2 aromatic carbocycles. The Bertz CT molecular complexity index is 800. The van der Waals surface area contributed by atoms with Crippen LogP contribution in [0.1, 0.15) is 29.3 Å². The molecule has 0 spiro atoms. The number of carbonyl (C=O) groups excluding carboxylic acids is 2. The molecule has 0 saturated heterocycles. The SMILES string of the molecule is CCCOC(=O)c1ccc(NC(=O)/C=C/c2cc(Br)ccc2OC)cc1. The predicted octanol–water partition coefficient (Wildman–Crippen LogP) is 4.68. The van der Waals surface area contributed by atoms with Crippen LogP contribution in [-0.2, 0) is 9.53 Å². The molecule has 0 fully saturated rings. The number of ether oxygens (including phenoxy) is 2. The smallest absolute Gasteiger partial charge is 0.338 e. The van der Waals surface area contributed by atoms with E-state index in [1.54, 1.807) is 37.5 Å². The fourth-order valence-corrected chi connectivity index (χ4v) is 2.53. The highest BCUT2D eigenvalue weighted by molar-refractivity contribution is 9.10. The lowest BCUT2D eigenvalue weighted by atomic mass is 10.2. The van der Waals surface area contributed by atoms with Crippen LogP contribution < -0.4 is 10.1 Å². The Balaban J connectivity index is 1.99. The summed E-state index contributed by atoms with van der Waals surface area (Å²) in [5, 5.41) is 2.74. The Morgan fingerprint density at radius 2 is 1.88 bits per heavy atom. The third-order valence-corrected chi connectivity index (χ3v) is 3.92. The summed E-state index contributed by atoms with van der Waals surface area (Å²) in [7, 11) is 1.58. The van der Waals surface area contributed by atoms with Gasteiger partial charge in [-0.2, -0.15) is 0 Å². The third kappa shape index (κ3) is 5.74. The molecule has 0 saturated carbocycles. The maximum absolute atomic E-state index is 12.1. The number of esters is 1. The second-order valence-electron chi connectivity index (χ2n) is 5.42. The topological polar surface area (TPSA) is 64.6 Å². The van der Waals surface area contributed by atoms with Crippen LogP contribution in [-0.4, -0.2) is 25.6 Å². The van der Waals surface area contributed by atoms with Gasteiger partial charge in [-0.25, -0.2) is 4.79 Å². The largest absolute Gasteiger partial charge is 0.496 e. The summed E-state index contributed by atoms with van der Waals surface area (Å²) < 4.78 is 11.2. The first-order valence-corrected chi connectivity index (χ1v) is 8.92. The molecule has 0 aliphatic heterocycles. The molecule has 0 bridgehead atoms. The van der Waals surface area contributed by atoms with Crippen molar-refractivity contribution in [1.82, 2.24) is 0 Å². The first kappa shape index (κ1) is 19.7. The molecule has 0 aromatic heterocycles. The van der Waals surface area contributed by atoms with Crippen molar-refractivity contribution in [2.24, 2.45) is 0 Å². The predicted molar refractivity (Wildman–Crippen MR) is 105 cm³/mol. The van der Waals surface area contributed by atoms with Gasteiger partial charge in [-0.1, -0.05) is 22.9 Å². The van der Waals surface area contributed by atoms with E-state index in [0.29, 0.717) is 23.6 Å². The highest BCUT2D eigenvalue weighted by Gasteiger charge is 2.07. The summed E-state index contributed by atoms with van der Waals surface area (Å²) >= 11 is 3.39. The zero-order valence-corrected chi connectivity index (χ0v) is 16.2. The minimum atomic E-state index is -0.369. The molecule has 0 aliphatic rings. The van der Waals surface area contributed by atoms with E-state index in [-0.39, 0.29) is 11.9 Å². The minimum absolute atomic E-state index is 0.284. The zero-order chi connectivity index (χ0) is 18.9. The standard InChI is InChI=1S/C20H20BrNO4/c1-3-12-26-20(24)14-4-8-17(9-5-14)22-19(23)11-6-15-13-16(21)7-10-18(15)25-2/h4-11,13H,3,12H2,1-2H3,(H,22,23)/b11-6+. The van der Waals surface area contributed by atoms with Crippen molar-refractivity contribution in [2.45, 2.75) is 13.3 Å². The van der Waals surface area contributed by atoms with Crippen LogP contribution in [0.2, 0.25) is 0 Å². The van der Waals surface area contributed by atoms with Crippen LogP contribution in [0.4, 0.5) is 5.69 Å². The van der Waals surface area contributed by atoms with Gasteiger partial charge >= 0.3 is 5.97 Å². The van der Waals surface area contributed by atoms with E-state index in [4.69, 9.17) is 9.47 Å². The molecule has 0 atom stereocenters. The second kappa shape index (κ2) is 9.77. The van der Waals surface area contributed by atoms with Gasteiger partial charge in [0.05, 0.1) is 19.3 Å². The van der Waals surface area contributed by atoms with Crippen LogP contribution in [0.25, 0.3) is 6.08 Å². The first-order valence-electron chi connectivity index (χ1n) is 8.13. The monoisotopic (exact) mass is 417 g/mol. The molecule has 2 aromatic rings. The number of carbonyl (C=O) groups is 2. The summed E-state index contributed by atoms with van der Waals surface area (Å²) in [6, 6.07) is 12.1. The maximum atomic E-state index is 12.1. The van der Waals surface area contributed by atoms with Gasteiger partial charge in [0.1, 0.15) is 5.75 Å². The number of amides is 1. The van der Waals surface area contributed by atoms with Gasteiger partial charge in [0, 0.05) is 21.8 Å². The van der Waals surface area contributed by atoms with Gasteiger partial charge in [0.25, 0.3) is 0 Å². The third-order valence-electron chi connectivity index (χ3n) is 3.43. The number of rotatable bonds is 7. The summed E-state index contributed by atoms with van der Waals surface area (Å²) in [5.74, 6) is 0.0203. The Hall–Kier alpha value is -2.60. The molecule has 1 amide bonds. The number of halogens is 1. The summed E-state index contributed by atoms with van der Waals surface area (Å²) in [6.45, 7) is 2.32. The van der Waals surface area contributed by atoms with Crippen molar-refractivity contribution in [3.63, 3.8) is 0 Å². The van der Waals surface area contributed by atoms with Crippen molar-refractivity contribution in [2.75, 3.05) is 19.0 Å². The van der Waals surface area contributed by atoms with E-state index in [1.165, 1.54) is 6.08 Å². The first-order chi connectivity index (χ1) is 12.5. The van der Waals surface area contributed by atoms with Crippen molar-refractivity contribution in [3.05, 3.63) is 64.1 Å². The molecule has 136 valence electrons. The van der Waals surface area contributed by atoms with Gasteiger partial charge in [-0.3, -0.25) is 4.79 Å². The van der Waals surface area contributed by atoms with E-state index >= 15 is 0 Å². The van der Waals surface area contributed by atoms with Gasteiger partial charge in [-0.05, 0) is 55.0 Å². The molecular weight excluding hydrogens is 398 g/mol. The maximum Gasteiger partial charge on any atom is 0.338 e. The van der Waals surface area contributed by atoms with Crippen LogP contribution in [0.3, 0.4) is 0 Å². The highest BCUT2D eigenvalue weighted by atomic mass is 79.9. The molecule has 0 radical (unpaired) electrons. The molecule has 0 aliphatic carbocycles. The molecule has 5 nitrogen and oxygen atoms in total. The summed E-state index contributed by atoms with van der Waals surface area (Å²) in [6.07, 6.45) is 3.87. The normalized spacial score (nSPS) is 10.6. The van der Waals surface area contributed by atoms with Crippen molar-refractivity contribution in [1.29, 1.82) is 0 Å². The number of anilines is 1. The quantitative estimate of drug-likeness (QED) is 0.524. The van der Waals surface area contributed by atoms with E-state index in [2.05, 4.69) is 21.2 Å². The Labute approximate surface area is 161 Å². The highest BCUT2D eigenvalue weighted by Crippen LogP contribution is 2.24. The molecule has 2 rings (SSSR count). The average molecular weight is 418 g/mol. The van der Waals surface area contributed by atoms with Crippen molar-refractivity contribution in [3.8, 4) is 5.75 Å². The number of benzene rings is 2. The lowest BCUT2D eigenvalue weighted by molar-refractivity contribution is -0.111. The lowest BCUT2D eigenvalue weighted by Crippen LogP contribution is -2.09. The summed E-state index contributed by atoms with van der Waals surface area (Å²) in [4.78, 5) is 23.8. The zero-order valence-electron chi connectivity index (χ0n) is 14.6. The lowest BCUT2D eigenvalue weighted by Gasteiger charge is -2.06. The fourth-order valence-electron chi connectivity index (χ4n) is 2.15. The molecule has 0 heterocycles. The molecule has 0 unspecified atom stereocenters. The Kier molecular flexibility index (Phi) is 7.41. The van der Waals surface area contributed by atoms with Gasteiger partial charge in [0.2, 0.25) is 5.91 Å². The molecule has 26 heavy (non-hydrogen) atoms. The van der Waals surface area contributed by atoms with E-state index < -0.39 is 0 Å². The molecular formula is C20H20BrNO4. The van der Waals surface area contributed by atoms with E-state index in [9.17, 15) is 9.59 Å². The second-order valence-corrected chi connectivity index (χ2v) is 6.34. The van der Waals surface area contributed by atoms with Crippen LogP contribution >= 0.6 is 15.9 Å². The Morgan fingerprint density at radius 1 is 1.15 bits per heavy atom. The number of hydrogen-bond acceptors (Lipinski definition) is 4. The van der Waals surface area contributed by atoms with Crippen LogP contribution in [0.15, 0.2) is 53.0 Å². The summed E-state index contributed by atoms with van der Waals surface area (Å²) in [5.41, 5.74) is 1.82. The van der Waals surface area contributed by atoms with Crippen LogP contribution in [0.5, 0.6) is 5.75 Å². The average Bonchev–Trinajstić information content (AvgIpc) is 2.65. The van der Waals surface area contributed by atoms with E-state index in [0.717, 1.165) is 16.5 Å².